The highest BCUT2D eigenvalue weighted by Crippen LogP contribution is 2.27. The molecule has 2 heterocycles. The molecular formula is C20H22N4O5S2. The third kappa shape index (κ3) is 5.57. The summed E-state index contributed by atoms with van der Waals surface area (Å²) in [5, 5.41) is 0.284. The summed E-state index contributed by atoms with van der Waals surface area (Å²) in [4.78, 5) is 29.5. The Hall–Kier alpha value is -3.02. The molecule has 0 unspecified atom stereocenters. The molecule has 0 bridgehead atoms. The highest BCUT2D eigenvalue weighted by Gasteiger charge is 2.26. The van der Waals surface area contributed by atoms with Crippen molar-refractivity contribution in [2.75, 3.05) is 0 Å². The highest BCUT2D eigenvalue weighted by molar-refractivity contribution is 7.89. The maximum Gasteiger partial charge on any atom is 0.305 e. The minimum Gasteiger partial charge on any atom is -0.438 e. The Labute approximate surface area is 183 Å². The number of aromatic nitrogens is 1. The molecule has 164 valence electrons. The third-order valence-corrected chi connectivity index (χ3v) is 6.66. The van der Waals surface area contributed by atoms with Crippen molar-refractivity contribution in [2.45, 2.75) is 38.3 Å². The molecule has 0 aliphatic rings. The van der Waals surface area contributed by atoms with Gasteiger partial charge in [-0.1, -0.05) is 30.3 Å². The molecule has 0 saturated carbocycles. The summed E-state index contributed by atoms with van der Waals surface area (Å²) in [6.45, 7) is 6.75. The number of sulfonamides is 1. The molecule has 0 atom stereocenters. The smallest absolute Gasteiger partial charge is 0.305 e. The summed E-state index contributed by atoms with van der Waals surface area (Å²) >= 11 is 1.20. The number of aryl methyl sites for hydroxylation is 1. The van der Waals surface area contributed by atoms with Crippen LogP contribution in [0.2, 0.25) is 0 Å². The standard InChI is InChI=1S/C20H22N4O5S2/c1-12-16(30-19(21-12)13-8-6-5-7-9-13)18(26)23-22-17(25)14-10-11-15(29-14)31(27,28)24-20(2,3)4/h5-11,24H,1-4H3,(H,22,25)(H,23,26). The Bertz CT molecular complexity index is 1210. The number of nitrogens with zero attached hydrogens (tertiary/aromatic N) is 1. The van der Waals surface area contributed by atoms with Crippen LogP contribution in [0.3, 0.4) is 0 Å². The van der Waals surface area contributed by atoms with Gasteiger partial charge in [0.15, 0.2) is 5.76 Å². The Morgan fingerprint density at radius 2 is 1.65 bits per heavy atom. The van der Waals surface area contributed by atoms with Crippen LogP contribution in [0.15, 0.2) is 52.0 Å². The molecule has 1 aromatic carbocycles. The average molecular weight is 463 g/mol. The Kier molecular flexibility index (Phi) is 6.30. The second-order valence-corrected chi connectivity index (χ2v) is 10.3. The lowest BCUT2D eigenvalue weighted by molar-refractivity contribution is 0.0829. The molecule has 3 N–H and O–H groups in total. The van der Waals surface area contributed by atoms with Crippen molar-refractivity contribution < 1.29 is 22.4 Å². The van der Waals surface area contributed by atoms with Gasteiger partial charge in [-0.15, -0.1) is 11.3 Å². The van der Waals surface area contributed by atoms with Crippen molar-refractivity contribution in [1.82, 2.24) is 20.6 Å². The van der Waals surface area contributed by atoms with E-state index in [4.69, 9.17) is 4.42 Å². The fraction of sp³-hybridized carbons (Fsp3) is 0.250. The monoisotopic (exact) mass is 462 g/mol. The van der Waals surface area contributed by atoms with Crippen LogP contribution < -0.4 is 15.6 Å². The number of nitrogens with one attached hydrogen (secondary N) is 3. The summed E-state index contributed by atoms with van der Waals surface area (Å²) in [7, 11) is -3.92. The van der Waals surface area contributed by atoms with Crippen LogP contribution in [0, 0.1) is 6.92 Å². The Morgan fingerprint density at radius 3 is 2.29 bits per heavy atom. The van der Waals surface area contributed by atoms with E-state index >= 15 is 0 Å². The van der Waals surface area contributed by atoms with Crippen LogP contribution in [0.5, 0.6) is 0 Å². The first-order valence-electron chi connectivity index (χ1n) is 9.23. The van der Waals surface area contributed by atoms with Gasteiger partial charge in [0.2, 0.25) is 5.09 Å². The van der Waals surface area contributed by atoms with Gasteiger partial charge >= 0.3 is 5.91 Å². The van der Waals surface area contributed by atoms with Crippen molar-refractivity contribution >= 4 is 33.2 Å². The largest absolute Gasteiger partial charge is 0.438 e. The number of carbonyl (C=O) groups is 2. The fourth-order valence-corrected chi connectivity index (χ4v) is 4.90. The SMILES string of the molecule is Cc1nc(-c2ccccc2)sc1C(=O)NNC(=O)c1ccc(S(=O)(=O)NC(C)(C)C)o1. The van der Waals surface area contributed by atoms with E-state index in [1.54, 1.807) is 27.7 Å². The fourth-order valence-electron chi connectivity index (χ4n) is 2.58. The molecule has 11 heteroatoms. The number of thiazole rings is 1. The van der Waals surface area contributed by atoms with Crippen LogP contribution in [-0.2, 0) is 10.0 Å². The van der Waals surface area contributed by atoms with Gasteiger partial charge in [0.1, 0.15) is 9.88 Å². The number of hydrogen-bond donors (Lipinski definition) is 3. The van der Waals surface area contributed by atoms with E-state index in [0.717, 1.165) is 5.56 Å². The van der Waals surface area contributed by atoms with Crippen LogP contribution in [0.25, 0.3) is 10.6 Å². The van der Waals surface area contributed by atoms with Crippen LogP contribution in [0.4, 0.5) is 0 Å². The number of hydrazine groups is 1. The van der Waals surface area contributed by atoms with Gasteiger partial charge in [0, 0.05) is 11.1 Å². The van der Waals surface area contributed by atoms with Gasteiger partial charge in [-0.3, -0.25) is 20.4 Å². The second-order valence-electron chi connectivity index (χ2n) is 7.68. The second kappa shape index (κ2) is 8.61. The van der Waals surface area contributed by atoms with E-state index in [0.29, 0.717) is 15.6 Å². The van der Waals surface area contributed by atoms with E-state index in [1.165, 1.54) is 23.5 Å². The molecule has 3 rings (SSSR count). The molecule has 0 spiro atoms. The molecule has 0 fully saturated rings. The first kappa shape index (κ1) is 22.7. The maximum atomic E-state index is 12.5. The zero-order chi connectivity index (χ0) is 22.8. The molecule has 3 aromatic rings. The quantitative estimate of drug-likeness (QED) is 0.500. The summed E-state index contributed by atoms with van der Waals surface area (Å²) in [6, 6.07) is 11.8. The first-order chi connectivity index (χ1) is 14.5. The minimum absolute atomic E-state index is 0.263. The van der Waals surface area contributed by atoms with Gasteiger partial charge in [-0.05, 0) is 39.8 Å². The van der Waals surface area contributed by atoms with E-state index in [-0.39, 0.29) is 5.76 Å². The van der Waals surface area contributed by atoms with Crippen LogP contribution in [-0.4, -0.2) is 30.8 Å². The maximum absolute atomic E-state index is 12.5. The molecule has 9 nitrogen and oxygen atoms in total. The summed E-state index contributed by atoms with van der Waals surface area (Å²) in [5.74, 6) is -1.60. The van der Waals surface area contributed by atoms with Crippen molar-refractivity contribution in [2.24, 2.45) is 0 Å². The van der Waals surface area contributed by atoms with Crippen LogP contribution in [0.1, 0.15) is 46.7 Å². The third-order valence-electron chi connectivity index (χ3n) is 3.82. The van der Waals surface area contributed by atoms with Crippen molar-refractivity contribution in [3.63, 3.8) is 0 Å². The van der Waals surface area contributed by atoms with E-state index < -0.39 is 32.5 Å². The molecule has 2 aromatic heterocycles. The van der Waals surface area contributed by atoms with Crippen molar-refractivity contribution in [3.05, 3.63) is 58.8 Å². The summed E-state index contributed by atoms with van der Waals surface area (Å²) < 4.78 is 32.1. The van der Waals surface area contributed by atoms with Crippen molar-refractivity contribution in [1.29, 1.82) is 0 Å². The predicted molar refractivity (Wildman–Crippen MR) is 116 cm³/mol. The molecule has 0 aliphatic heterocycles. The molecule has 0 radical (unpaired) electrons. The lowest BCUT2D eigenvalue weighted by atomic mass is 10.1. The lowest BCUT2D eigenvalue weighted by Gasteiger charge is -2.18. The predicted octanol–water partition coefficient (Wildman–Crippen LogP) is 2.86. The van der Waals surface area contributed by atoms with Gasteiger partial charge in [0.25, 0.3) is 15.9 Å². The number of amides is 2. The topological polar surface area (TPSA) is 130 Å². The Balaban J connectivity index is 1.66. The molecule has 0 saturated heterocycles. The van der Waals surface area contributed by atoms with E-state index in [2.05, 4.69) is 20.6 Å². The minimum atomic E-state index is -3.92. The number of furan rings is 1. The van der Waals surface area contributed by atoms with Gasteiger partial charge in [-0.25, -0.2) is 18.1 Å². The van der Waals surface area contributed by atoms with E-state index in [9.17, 15) is 18.0 Å². The first-order valence-corrected chi connectivity index (χ1v) is 11.5. The normalized spacial score (nSPS) is 11.9. The highest BCUT2D eigenvalue weighted by atomic mass is 32.2. The number of rotatable bonds is 5. The molecular weight excluding hydrogens is 440 g/mol. The molecule has 2 amide bonds. The average Bonchev–Trinajstić information content (AvgIpc) is 3.32. The number of hydrogen-bond acceptors (Lipinski definition) is 7. The van der Waals surface area contributed by atoms with Gasteiger partial charge < -0.3 is 4.42 Å². The summed E-state index contributed by atoms with van der Waals surface area (Å²) in [6.07, 6.45) is 0. The number of carbonyl (C=O) groups excluding carboxylic acids is 2. The molecule has 31 heavy (non-hydrogen) atoms. The summed E-state index contributed by atoms with van der Waals surface area (Å²) in [5.41, 5.74) is 5.20. The van der Waals surface area contributed by atoms with Crippen molar-refractivity contribution in [3.8, 4) is 10.6 Å². The molecule has 0 aliphatic carbocycles. The van der Waals surface area contributed by atoms with E-state index in [1.807, 2.05) is 30.3 Å². The van der Waals surface area contributed by atoms with Gasteiger partial charge in [-0.2, -0.15) is 0 Å². The zero-order valence-electron chi connectivity index (χ0n) is 17.3. The van der Waals surface area contributed by atoms with Gasteiger partial charge in [0.05, 0.1) is 5.69 Å². The Morgan fingerprint density at radius 1 is 1.00 bits per heavy atom. The van der Waals surface area contributed by atoms with Crippen LogP contribution >= 0.6 is 11.3 Å². The zero-order valence-corrected chi connectivity index (χ0v) is 19.0. The number of benzene rings is 1. The lowest BCUT2D eigenvalue weighted by Crippen LogP contribution is -2.41.